The predicted octanol–water partition coefficient (Wildman–Crippen LogP) is 4.13. The number of ether oxygens (including phenoxy) is 1. The van der Waals surface area contributed by atoms with E-state index in [1.54, 1.807) is 48.7 Å². The van der Waals surface area contributed by atoms with E-state index in [0.717, 1.165) is 23.3 Å². The Hall–Kier alpha value is -4.42. The molecule has 12 heteroatoms. The van der Waals surface area contributed by atoms with Crippen molar-refractivity contribution < 1.29 is 23.1 Å². The summed E-state index contributed by atoms with van der Waals surface area (Å²) in [5, 5.41) is 13.2. The van der Waals surface area contributed by atoms with Gasteiger partial charge in [-0.3, -0.25) is 9.71 Å². The van der Waals surface area contributed by atoms with Gasteiger partial charge in [0.15, 0.2) is 5.11 Å². The molecule has 5 rings (SSSR count). The number of anilines is 2. The van der Waals surface area contributed by atoms with Crippen LogP contribution in [0.5, 0.6) is 5.75 Å². The van der Waals surface area contributed by atoms with Crippen molar-refractivity contribution in [2.45, 2.75) is 12.1 Å². The Kier molecular flexibility index (Phi) is 6.98. The summed E-state index contributed by atoms with van der Waals surface area (Å²) < 4.78 is 33.7. The van der Waals surface area contributed by atoms with Gasteiger partial charge in [-0.1, -0.05) is 6.07 Å². The third-order valence-electron chi connectivity index (χ3n) is 6.33. The summed E-state index contributed by atoms with van der Waals surface area (Å²) in [5.74, 6) is -0.663. The highest BCUT2D eigenvalue weighted by atomic mass is 32.2. The Morgan fingerprint density at radius 2 is 1.82 bits per heavy atom. The molecule has 200 valence electrons. The van der Waals surface area contributed by atoms with Crippen molar-refractivity contribution in [1.29, 1.82) is 0 Å². The number of sulfonamides is 1. The number of hydrogen-bond acceptors (Lipinski definition) is 6. The average molecular weight is 564 g/mol. The number of methoxy groups -OCH3 is 1. The molecule has 0 radical (unpaired) electrons. The SMILES string of the molecule is COc1cc(N2C(=S)NC(c3ccccn3)C2c2cccn2-c2ccc(C(=O)O)cc2)ccc1NS(C)(=O)=O. The molecular weight excluding hydrogens is 538 g/mol. The second-order valence-corrected chi connectivity index (χ2v) is 11.0. The first-order valence-electron chi connectivity index (χ1n) is 11.8. The topological polar surface area (TPSA) is 126 Å². The van der Waals surface area contributed by atoms with E-state index < -0.39 is 16.0 Å². The van der Waals surface area contributed by atoms with E-state index in [9.17, 15) is 18.3 Å². The second-order valence-electron chi connectivity index (χ2n) is 8.91. The molecule has 1 aliphatic heterocycles. The second kappa shape index (κ2) is 10.4. The standard InChI is InChI=1S/C27H25N5O5S2/c1-37-23-16-19(12-13-20(23)30-39(2,35)36)32-25(24(29-27(32)38)21-6-3-4-14-28-21)22-7-5-15-31(22)18-10-8-17(9-11-18)26(33)34/h3-16,24-25,30H,1-2H3,(H,29,38)(H,33,34). The van der Waals surface area contributed by atoms with E-state index in [1.807, 2.05) is 46.0 Å². The summed E-state index contributed by atoms with van der Waals surface area (Å²) in [6.07, 6.45) is 4.70. The summed E-state index contributed by atoms with van der Waals surface area (Å²) in [6.45, 7) is 0. The monoisotopic (exact) mass is 563 g/mol. The number of carboxylic acids is 1. The van der Waals surface area contributed by atoms with Crippen LogP contribution in [0, 0.1) is 0 Å². The van der Waals surface area contributed by atoms with Gasteiger partial charge in [-0.25, -0.2) is 13.2 Å². The van der Waals surface area contributed by atoms with E-state index in [2.05, 4.69) is 15.0 Å². The number of carboxylic acid groups (broad SMARTS) is 1. The van der Waals surface area contributed by atoms with Gasteiger partial charge in [0.05, 0.1) is 36.4 Å². The number of thiocarbonyl (C=S) groups is 1. The highest BCUT2D eigenvalue weighted by Crippen LogP contribution is 2.44. The van der Waals surface area contributed by atoms with E-state index in [-0.39, 0.29) is 17.6 Å². The normalized spacial score (nSPS) is 17.1. The lowest BCUT2D eigenvalue weighted by atomic mass is 10.0. The average Bonchev–Trinajstić information content (AvgIpc) is 3.53. The fraction of sp³-hybridized carbons (Fsp3) is 0.148. The number of aromatic carboxylic acids is 1. The number of benzene rings is 2. The zero-order chi connectivity index (χ0) is 27.7. The Morgan fingerprint density at radius 3 is 2.46 bits per heavy atom. The number of rotatable bonds is 8. The van der Waals surface area contributed by atoms with Crippen LogP contribution in [0.4, 0.5) is 11.4 Å². The van der Waals surface area contributed by atoms with E-state index >= 15 is 0 Å². The number of nitrogens with one attached hydrogen (secondary N) is 2. The lowest BCUT2D eigenvalue weighted by molar-refractivity contribution is 0.0697. The Morgan fingerprint density at radius 1 is 1.08 bits per heavy atom. The molecule has 3 N–H and O–H groups in total. The van der Waals surface area contributed by atoms with Crippen molar-refractivity contribution in [2.75, 3.05) is 23.0 Å². The Balaban J connectivity index is 1.63. The maximum absolute atomic E-state index is 11.8. The molecule has 2 atom stereocenters. The van der Waals surface area contributed by atoms with Crippen molar-refractivity contribution in [3.63, 3.8) is 0 Å². The van der Waals surface area contributed by atoms with Crippen LogP contribution in [0.25, 0.3) is 5.69 Å². The maximum atomic E-state index is 11.8. The van der Waals surface area contributed by atoms with E-state index in [1.165, 1.54) is 7.11 Å². The van der Waals surface area contributed by atoms with Gasteiger partial charge in [-0.2, -0.15) is 0 Å². The van der Waals surface area contributed by atoms with E-state index in [4.69, 9.17) is 17.0 Å². The van der Waals surface area contributed by atoms with Crippen molar-refractivity contribution in [3.05, 3.63) is 102 Å². The molecule has 2 unspecified atom stereocenters. The largest absolute Gasteiger partial charge is 0.494 e. The molecule has 1 saturated heterocycles. The van der Waals surface area contributed by atoms with Gasteiger partial charge < -0.3 is 24.6 Å². The predicted molar refractivity (Wildman–Crippen MR) is 152 cm³/mol. The molecular formula is C27H25N5O5S2. The molecule has 0 saturated carbocycles. The van der Waals surface area contributed by atoms with Crippen LogP contribution in [0.1, 0.15) is 33.8 Å². The van der Waals surface area contributed by atoms with Gasteiger partial charge in [-0.05, 0) is 72.9 Å². The number of pyridine rings is 1. The van der Waals surface area contributed by atoms with Crippen LogP contribution in [0.15, 0.2) is 85.2 Å². The molecule has 3 heterocycles. The summed E-state index contributed by atoms with van der Waals surface area (Å²) in [5.41, 5.74) is 3.62. The first-order chi connectivity index (χ1) is 18.7. The number of nitrogens with zero attached hydrogens (tertiary/aromatic N) is 3. The summed E-state index contributed by atoms with van der Waals surface area (Å²) in [7, 11) is -2.05. The molecule has 0 spiro atoms. The third-order valence-corrected chi connectivity index (χ3v) is 7.24. The Bertz CT molecular complexity index is 1640. The number of hydrogen-bond donors (Lipinski definition) is 3. The fourth-order valence-corrected chi connectivity index (χ4v) is 5.60. The van der Waals surface area contributed by atoms with E-state index in [0.29, 0.717) is 22.2 Å². The highest BCUT2D eigenvalue weighted by molar-refractivity contribution is 7.92. The molecule has 4 aromatic rings. The first-order valence-corrected chi connectivity index (χ1v) is 14.1. The summed E-state index contributed by atoms with van der Waals surface area (Å²) in [6, 6.07) is 20.6. The minimum absolute atomic E-state index is 0.194. The van der Waals surface area contributed by atoms with Gasteiger partial charge >= 0.3 is 5.97 Å². The maximum Gasteiger partial charge on any atom is 0.335 e. The van der Waals surface area contributed by atoms with Crippen molar-refractivity contribution in [2.24, 2.45) is 0 Å². The molecule has 1 fully saturated rings. The smallest absolute Gasteiger partial charge is 0.335 e. The van der Waals surface area contributed by atoms with Crippen molar-refractivity contribution >= 4 is 44.7 Å². The van der Waals surface area contributed by atoms with Crippen molar-refractivity contribution in [3.8, 4) is 11.4 Å². The van der Waals surface area contributed by atoms with Gasteiger partial charge in [-0.15, -0.1) is 0 Å². The number of carbonyl (C=O) groups is 1. The zero-order valence-electron chi connectivity index (χ0n) is 21.0. The highest BCUT2D eigenvalue weighted by Gasteiger charge is 2.42. The quantitative estimate of drug-likeness (QED) is 0.271. The molecule has 1 aliphatic rings. The molecule has 0 amide bonds. The fourth-order valence-electron chi connectivity index (χ4n) is 4.68. The molecule has 39 heavy (non-hydrogen) atoms. The molecule has 0 bridgehead atoms. The zero-order valence-corrected chi connectivity index (χ0v) is 22.6. The van der Waals surface area contributed by atoms with Gasteiger partial charge in [0.2, 0.25) is 10.0 Å². The van der Waals surface area contributed by atoms with Crippen LogP contribution < -0.4 is 19.7 Å². The summed E-state index contributed by atoms with van der Waals surface area (Å²) in [4.78, 5) is 17.9. The molecule has 2 aromatic carbocycles. The van der Waals surface area contributed by atoms with Gasteiger partial charge in [0.1, 0.15) is 11.8 Å². The molecule has 2 aromatic heterocycles. The van der Waals surface area contributed by atoms with Crippen LogP contribution in [0.3, 0.4) is 0 Å². The van der Waals surface area contributed by atoms with Crippen molar-refractivity contribution in [1.82, 2.24) is 14.9 Å². The van der Waals surface area contributed by atoms with Crippen LogP contribution in [-0.2, 0) is 10.0 Å². The third kappa shape index (κ3) is 5.29. The Labute approximate surface area is 230 Å². The molecule has 10 nitrogen and oxygen atoms in total. The minimum atomic E-state index is -3.52. The van der Waals surface area contributed by atoms with Gasteiger partial charge in [0.25, 0.3) is 0 Å². The van der Waals surface area contributed by atoms with Crippen LogP contribution in [0.2, 0.25) is 0 Å². The first kappa shape index (κ1) is 26.2. The number of aromatic nitrogens is 2. The van der Waals surface area contributed by atoms with Gasteiger partial charge in [0, 0.05) is 35.5 Å². The lowest BCUT2D eigenvalue weighted by Crippen LogP contribution is -2.30. The lowest BCUT2D eigenvalue weighted by Gasteiger charge is -2.29. The van der Waals surface area contributed by atoms with Crippen LogP contribution >= 0.6 is 12.2 Å². The minimum Gasteiger partial charge on any atom is -0.494 e. The van der Waals surface area contributed by atoms with Crippen LogP contribution in [-0.4, -0.2) is 47.5 Å². The summed E-state index contributed by atoms with van der Waals surface area (Å²) >= 11 is 5.82. The molecule has 0 aliphatic carbocycles.